The number of carbonyl (C=O) groups excluding carboxylic acids is 2. The molecule has 0 bridgehead atoms. The van der Waals surface area contributed by atoms with E-state index in [1.807, 2.05) is 60.8 Å². The van der Waals surface area contributed by atoms with Gasteiger partial charge < -0.3 is 39.2 Å². The van der Waals surface area contributed by atoms with E-state index in [4.69, 9.17) is 19.4 Å². The highest BCUT2D eigenvalue weighted by molar-refractivity contribution is 6.06. The van der Waals surface area contributed by atoms with E-state index in [-0.39, 0.29) is 42.7 Å². The zero-order valence-electron chi connectivity index (χ0n) is 38.3. The summed E-state index contributed by atoms with van der Waals surface area (Å²) in [7, 11) is 3.32. The van der Waals surface area contributed by atoms with Crippen LogP contribution in [0.25, 0.3) is 32.9 Å². The maximum Gasteiger partial charge on any atom is 0.328 e. The van der Waals surface area contributed by atoms with Crippen molar-refractivity contribution in [2.45, 2.75) is 75.2 Å². The molecule has 4 N–H and O–H groups in total. The lowest BCUT2D eigenvalue weighted by atomic mass is 9.87. The van der Waals surface area contributed by atoms with Gasteiger partial charge in [-0.3, -0.25) is 19.8 Å². The number of hydrogen-bond acceptors (Lipinski definition) is 11. The van der Waals surface area contributed by atoms with Crippen LogP contribution in [0.3, 0.4) is 0 Å². The standard InChI is InChI=1S/C52H57N9O6/c1-51(54-23-7-8-34-11-16-44(66-3)43(30-34)61-27-20-45(63)56-50(61)65)21-28-59(29-22-51)37-18-25-60(26-19-37)49-55-42-15-12-35(41-32-58(2)48(64)46-39(41)17-24-53-46)31-40(42)47(57-49)52(33-62,67-38-13-14-38)36-9-5-4-6-10-36/h4-6,9-12,15-17,24,30-32,37-38,53-54,62H,13-14,18-23,25-29,33H2,1-3H3,(H,56,63,65). The molecule has 67 heavy (non-hydrogen) atoms. The molecule has 1 unspecified atom stereocenters. The number of aliphatic hydroxyl groups is 1. The lowest BCUT2D eigenvalue weighted by Gasteiger charge is -2.45. The van der Waals surface area contributed by atoms with Crippen molar-refractivity contribution in [3.63, 3.8) is 0 Å². The van der Waals surface area contributed by atoms with E-state index in [1.165, 1.54) is 4.90 Å². The van der Waals surface area contributed by atoms with Crippen LogP contribution in [-0.4, -0.2) is 112 Å². The van der Waals surface area contributed by atoms with Crippen molar-refractivity contribution >= 4 is 45.4 Å². The Labute approximate surface area is 389 Å². The van der Waals surface area contributed by atoms with Crippen LogP contribution in [0.1, 0.15) is 68.7 Å². The minimum Gasteiger partial charge on any atom is -0.495 e. The molecule has 6 aromatic rings. The van der Waals surface area contributed by atoms with Crippen LogP contribution in [0.15, 0.2) is 90.0 Å². The molecule has 1 atom stereocenters. The predicted molar refractivity (Wildman–Crippen MR) is 258 cm³/mol. The van der Waals surface area contributed by atoms with E-state index in [0.717, 1.165) is 103 Å². The monoisotopic (exact) mass is 903 g/mol. The van der Waals surface area contributed by atoms with Gasteiger partial charge >= 0.3 is 6.03 Å². The molecule has 0 spiro atoms. The lowest BCUT2D eigenvalue weighted by molar-refractivity contribution is -0.120. The molecule has 15 heteroatoms. The minimum absolute atomic E-state index is 0.0114. The number of aryl methyl sites for hydroxylation is 1. The summed E-state index contributed by atoms with van der Waals surface area (Å²) in [5, 5.41) is 19.2. The van der Waals surface area contributed by atoms with Crippen LogP contribution >= 0.6 is 0 Å². The average Bonchev–Trinajstić information content (AvgIpc) is 4.04. The molecule has 1 saturated carbocycles. The number of benzene rings is 3. The zero-order valence-corrected chi connectivity index (χ0v) is 38.3. The van der Waals surface area contributed by atoms with Crippen LogP contribution in [-0.2, 0) is 22.2 Å². The largest absolute Gasteiger partial charge is 0.495 e. The van der Waals surface area contributed by atoms with Gasteiger partial charge in [0.2, 0.25) is 11.9 Å². The fourth-order valence-corrected chi connectivity index (χ4v) is 10.0. The SMILES string of the molecule is COc1ccc(C#CCNC2(C)CCN(C3CCN(c4nc(C(CO)(OC5CC5)c5ccccc5)c5cc(-c6cn(C)c(=O)c7[nH]ccc67)ccc5n4)CC3)CC2)cc1N1CCC(=O)NC1=O. The Hall–Kier alpha value is -6.57. The smallest absolute Gasteiger partial charge is 0.328 e. The molecule has 6 heterocycles. The van der Waals surface area contributed by atoms with E-state index in [0.29, 0.717) is 41.2 Å². The number of aromatic amines is 1. The maximum atomic E-state index is 13.0. The first-order valence-electron chi connectivity index (χ1n) is 23.4. The van der Waals surface area contributed by atoms with Crippen LogP contribution in [0, 0.1) is 11.8 Å². The van der Waals surface area contributed by atoms with Gasteiger partial charge in [-0.15, -0.1) is 0 Å². The fourth-order valence-electron chi connectivity index (χ4n) is 10.0. The molecule has 3 aromatic carbocycles. The van der Waals surface area contributed by atoms with E-state index in [9.17, 15) is 19.5 Å². The second-order valence-electron chi connectivity index (χ2n) is 18.6. The number of ether oxygens (including phenoxy) is 2. The van der Waals surface area contributed by atoms with Crippen LogP contribution in [0.4, 0.5) is 16.4 Å². The van der Waals surface area contributed by atoms with E-state index < -0.39 is 11.6 Å². The third-order valence-corrected chi connectivity index (χ3v) is 14.2. The van der Waals surface area contributed by atoms with E-state index >= 15 is 0 Å². The number of nitrogens with one attached hydrogen (secondary N) is 3. The number of H-pyrrole nitrogens is 1. The van der Waals surface area contributed by atoms with Gasteiger partial charge in [-0.25, -0.2) is 14.8 Å². The first kappa shape index (κ1) is 44.3. The number of carbonyl (C=O) groups is 2. The third-order valence-electron chi connectivity index (χ3n) is 14.2. The molecule has 346 valence electrons. The summed E-state index contributed by atoms with van der Waals surface area (Å²) in [6.45, 7) is 6.38. The number of rotatable bonds is 12. The topological polar surface area (TPSA) is 170 Å². The van der Waals surface area contributed by atoms with Crippen LogP contribution in [0.5, 0.6) is 5.75 Å². The molecule has 3 aromatic heterocycles. The number of hydrogen-bond donors (Lipinski definition) is 4. The lowest BCUT2D eigenvalue weighted by Crippen LogP contribution is -2.55. The van der Waals surface area contributed by atoms with Crippen LogP contribution in [0.2, 0.25) is 0 Å². The summed E-state index contributed by atoms with van der Waals surface area (Å²) in [4.78, 5) is 57.4. The molecule has 4 fully saturated rings. The number of imide groups is 1. The third kappa shape index (κ3) is 8.78. The first-order chi connectivity index (χ1) is 32.5. The Morgan fingerprint density at radius 2 is 1.72 bits per heavy atom. The van der Waals surface area contributed by atoms with Crippen molar-refractivity contribution in [3.05, 3.63) is 112 Å². The summed E-state index contributed by atoms with van der Waals surface area (Å²) >= 11 is 0. The Morgan fingerprint density at radius 3 is 2.45 bits per heavy atom. The van der Waals surface area contributed by atoms with Gasteiger partial charge in [0.1, 0.15) is 11.3 Å². The second kappa shape index (κ2) is 18.3. The van der Waals surface area contributed by atoms with Gasteiger partial charge in [0.05, 0.1) is 43.3 Å². The summed E-state index contributed by atoms with van der Waals surface area (Å²) in [6.07, 6.45) is 9.71. The molecule has 4 aliphatic rings. The van der Waals surface area contributed by atoms with Gasteiger partial charge in [-0.2, -0.15) is 0 Å². The highest BCUT2D eigenvalue weighted by Gasteiger charge is 2.44. The summed E-state index contributed by atoms with van der Waals surface area (Å²) < 4.78 is 14.0. The highest BCUT2D eigenvalue weighted by Crippen LogP contribution is 2.43. The van der Waals surface area contributed by atoms with Crippen molar-refractivity contribution in [3.8, 4) is 28.7 Å². The van der Waals surface area contributed by atoms with Gasteiger partial charge in [0, 0.05) is 92.1 Å². The first-order valence-corrected chi connectivity index (χ1v) is 23.4. The number of aliphatic hydroxyl groups excluding tert-OH is 1. The minimum atomic E-state index is -1.22. The Morgan fingerprint density at radius 1 is 0.925 bits per heavy atom. The molecule has 0 radical (unpaired) electrons. The fraction of sp³-hybridized carbons (Fsp3) is 0.404. The Balaban J connectivity index is 0.841. The number of methoxy groups -OCH3 is 1. The summed E-state index contributed by atoms with van der Waals surface area (Å²) in [6, 6.07) is 23.5. The number of amides is 3. The summed E-state index contributed by atoms with van der Waals surface area (Å²) in [5.74, 6) is 7.42. The Kier molecular flexibility index (Phi) is 12.1. The number of likely N-dealkylation sites (tertiary alicyclic amines) is 1. The number of piperidine rings is 2. The van der Waals surface area contributed by atoms with Gasteiger partial charge in [-0.1, -0.05) is 48.2 Å². The van der Waals surface area contributed by atoms with Crippen molar-refractivity contribution in [1.29, 1.82) is 0 Å². The van der Waals surface area contributed by atoms with E-state index in [1.54, 1.807) is 31.0 Å². The Bertz CT molecular complexity index is 2960. The molecule has 3 saturated heterocycles. The number of pyridine rings is 1. The van der Waals surface area contributed by atoms with Crippen molar-refractivity contribution in [2.75, 3.05) is 62.8 Å². The zero-order chi connectivity index (χ0) is 46.3. The van der Waals surface area contributed by atoms with Gasteiger partial charge in [-0.05, 0) is 93.0 Å². The molecular formula is C52H57N9O6. The van der Waals surface area contributed by atoms with Gasteiger partial charge in [0.15, 0.2) is 5.60 Å². The number of nitrogens with zero attached hydrogens (tertiary/aromatic N) is 6. The number of fused-ring (bicyclic) bond motifs is 2. The normalized spacial score (nSPS) is 19.0. The molecule has 3 aliphatic heterocycles. The van der Waals surface area contributed by atoms with Crippen molar-refractivity contribution in [2.24, 2.45) is 7.05 Å². The van der Waals surface area contributed by atoms with E-state index in [2.05, 4.69) is 56.3 Å². The van der Waals surface area contributed by atoms with Crippen molar-refractivity contribution in [1.82, 2.24) is 35.1 Å². The van der Waals surface area contributed by atoms with Crippen LogP contribution < -0.4 is 30.7 Å². The number of anilines is 2. The number of urea groups is 1. The molecule has 1 aliphatic carbocycles. The highest BCUT2D eigenvalue weighted by atomic mass is 16.5. The average molecular weight is 904 g/mol. The van der Waals surface area contributed by atoms with Crippen molar-refractivity contribution < 1.29 is 24.2 Å². The molecular weight excluding hydrogens is 847 g/mol. The predicted octanol–water partition coefficient (Wildman–Crippen LogP) is 5.81. The second-order valence-corrected chi connectivity index (χ2v) is 18.6. The summed E-state index contributed by atoms with van der Waals surface area (Å²) in [5.41, 5.74) is 4.60. The maximum absolute atomic E-state index is 13.0. The molecule has 3 amide bonds. The molecule has 10 rings (SSSR count). The molecule has 15 nitrogen and oxygen atoms in total. The number of aromatic nitrogens is 4. The van der Waals surface area contributed by atoms with Gasteiger partial charge in [0.25, 0.3) is 5.56 Å². The quantitative estimate of drug-likeness (QED) is 0.109.